The van der Waals surface area contributed by atoms with Gasteiger partial charge in [0.2, 0.25) is 5.91 Å². The van der Waals surface area contributed by atoms with Gasteiger partial charge in [-0.25, -0.2) is 8.42 Å². The Bertz CT molecular complexity index is 722. The van der Waals surface area contributed by atoms with Crippen molar-refractivity contribution in [2.45, 2.75) is 26.2 Å². The quantitative estimate of drug-likeness (QED) is 0.551. The van der Waals surface area contributed by atoms with E-state index in [1.807, 2.05) is 6.92 Å². The van der Waals surface area contributed by atoms with Gasteiger partial charge in [0.15, 0.2) is 9.84 Å². The zero-order chi connectivity index (χ0) is 19.6. The second-order valence-corrected chi connectivity index (χ2v) is 8.38. The molecule has 0 saturated carbocycles. The number of amides is 2. The lowest BCUT2D eigenvalue weighted by Gasteiger charge is -2.10. The van der Waals surface area contributed by atoms with Crippen molar-refractivity contribution in [2.24, 2.45) is 0 Å². The molecule has 1 aromatic carbocycles. The molecular formula is C17H25ClN2O5S. The van der Waals surface area contributed by atoms with Crippen LogP contribution >= 0.6 is 11.6 Å². The van der Waals surface area contributed by atoms with Gasteiger partial charge in [0.25, 0.3) is 5.91 Å². The molecule has 0 unspecified atom stereocenters. The van der Waals surface area contributed by atoms with Gasteiger partial charge in [-0.3, -0.25) is 9.59 Å². The second-order valence-electron chi connectivity index (χ2n) is 5.79. The van der Waals surface area contributed by atoms with E-state index in [-0.39, 0.29) is 22.2 Å². The van der Waals surface area contributed by atoms with Crippen molar-refractivity contribution < 1.29 is 22.7 Å². The molecule has 0 spiro atoms. The Kier molecular flexibility index (Phi) is 9.61. The fourth-order valence-corrected chi connectivity index (χ4v) is 3.71. The molecule has 2 N–H and O–H groups in total. The molecule has 0 heterocycles. The molecule has 2 amide bonds. The van der Waals surface area contributed by atoms with E-state index < -0.39 is 21.5 Å². The standard InChI is InChI=1S/C17H25ClN2O5S/c1-3-4-5-10-26(23,24)12-16(21)20-13-6-7-14(15(18)11-13)17(22)19-8-9-25-2/h6-7,11H,3-5,8-10,12H2,1-2H3,(H,19,22)(H,20,21). The zero-order valence-electron chi connectivity index (χ0n) is 15.0. The largest absolute Gasteiger partial charge is 0.383 e. The first-order chi connectivity index (χ1) is 12.3. The smallest absolute Gasteiger partial charge is 0.252 e. The summed E-state index contributed by atoms with van der Waals surface area (Å²) in [5.74, 6) is -1.57. The van der Waals surface area contributed by atoms with E-state index in [1.54, 1.807) is 0 Å². The molecule has 0 bridgehead atoms. The second kappa shape index (κ2) is 11.2. The highest BCUT2D eigenvalue weighted by Crippen LogP contribution is 2.21. The number of unbranched alkanes of at least 4 members (excludes halogenated alkanes) is 2. The minimum Gasteiger partial charge on any atom is -0.383 e. The van der Waals surface area contributed by atoms with E-state index in [4.69, 9.17) is 16.3 Å². The zero-order valence-corrected chi connectivity index (χ0v) is 16.6. The topological polar surface area (TPSA) is 102 Å². The van der Waals surface area contributed by atoms with Gasteiger partial charge in [0.05, 0.1) is 22.9 Å². The van der Waals surface area contributed by atoms with E-state index in [0.29, 0.717) is 25.3 Å². The van der Waals surface area contributed by atoms with E-state index >= 15 is 0 Å². The van der Waals surface area contributed by atoms with Gasteiger partial charge in [-0.1, -0.05) is 31.4 Å². The lowest BCUT2D eigenvalue weighted by molar-refractivity contribution is -0.113. The molecule has 1 rings (SSSR count). The van der Waals surface area contributed by atoms with E-state index in [9.17, 15) is 18.0 Å². The van der Waals surface area contributed by atoms with Crippen LogP contribution in [0.15, 0.2) is 18.2 Å². The Labute approximate surface area is 159 Å². The lowest BCUT2D eigenvalue weighted by Crippen LogP contribution is -2.27. The summed E-state index contributed by atoms with van der Waals surface area (Å²) in [5, 5.41) is 5.29. The Morgan fingerprint density at radius 1 is 1.23 bits per heavy atom. The molecule has 0 saturated heterocycles. The third kappa shape index (κ3) is 8.16. The molecule has 0 atom stereocenters. The molecular weight excluding hydrogens is 380 g/mol. The van der Waals surface area contributed by atoms with Crippen LogP contribution in [0.25, 0.3) is 0 Å². The van der Waals surface area contributed by atoms with Crippen LogP contribution in [-0.4, -0.2) is 52.0 Å². The molecule has 0 aliphatic carbocycles. The van der Waals surface area contributed by atoms with E-state index in [1.165, 1.54) is 25.3 Å². The number of nitrogens with one attached hydrogen (secondary N) is 2. The number of hydrogen-bond acceptors (Lipinski definition) is 5. The van der Waals surface area contributed by atoms with Gasteiger partial charge in [0, 0.05) is 19.3 Å². The van der Waals surface area contributed by atoms with Crippen LogP contribution in [0, 0.1) is 0 Å². The third-order valence-corrected chi connectivity index (χ3v) is 5.42. The molecule has 0 aliphatic rings. The average Bonchev–Trinajstić information content (AvgIpc) is 2.54. The highest BCUT2D eigenvalue weighted by atomic mass is 35.5. The summed E-state index contributed by atoms with van der Waals surface area (Å²) in [6, 6.07) is 4.38. The van der Waals surface area contributed by atoms with Crippen molar-refractivity contribution in [3.05, 3.63) is 28.8 Å². The minimum absolute atomic E-state index is 0.00437. The van der Waals surface area contributed by atoms with Gasteiger partial charge in [0.1, 0.15) is 5.75 Å². The number of methoxy groups -OCH3 is 1. The number of carbonyl (C=O) groups is 2. The first kappa shape index (κ1) is 22.4. The van der Waals surface area contributed by atoms with Crippen LogP contribution < -0.4 is 10.6 Å². The van der Waals surface area contributed by atoms with Crippen molar-refractivity contribution >= 4 is 38.9 Å². The first-order valence-corrected chi connectivity index (χ1v) is 10.6. The number of hydrogen-bond donors (Lipinski definition) is 2. The highest BCUT2D eigenvalue weighted by Gasteiger charge is 2.17. The predicted molar refractivity (Wildman–Crippen MR) is 102 cm³/mol. The number of sulfone groups is 1. The van der Waals surface area contributed by atoms with Gasteiger partial charge in [-0.05, 0) is 24.6 Å². The van der Waals surface area contributed by atoms with Gasteiger partial charge < -0.3 is 15.4 Å². The molecule has 9 heteroatoms. The normalized spacial score (nSPS) is 11.2. The molecule has 0 radical (unpaired) electrons. The summed E-state index contributed by atoms with van der Waals surface area (Å²) in [6.07, 6.45) is 2.26. The minimum atomic E-state index is -3.44. The summed E-state index contributed by atoms with van der Waals surface area (Å²) >= 11 is 6.08. The summed E-state index contributed by atoms with van der Waals surface area (Å²) in [7, 11) is -1.91. The van der Waals surface area contributed by atoms with E-state index in [2.05, 4.69) is 10.6 Å². The van der Waals surface area contributed by atoms with Gasteiger partial charge in [-0.15, -0.1) is 0 Å². The van der Waals surface area contributed by atoms with Crippen LogP contribution in [0.4, 0.5) is 5.69 Å². The summed E-state index contributed by atoms with van der Waals surface area (Å²) in [6.45, 7) is 2.70. The summed E-state index contributed by atoms with van der Waals surface area (Å²) in [4.78, 5) is 23.9. The highest BCUT2D eigenvalue weighted by molar-refractivity contribution is 7.92. The SMILES string of the molecule is CCCCCS(=O)(=O)CC(=O)Nc1ccc(C(=O)NCCOC)c(Cl)c1. The van der Waals surface area contributed by atoms with Gasteiger partial charge >= 0.3 is 0 Å². The van der Waals surface area contributed by atoms with Crippen molar-refractivity contribution in [1.82, 2.24) is 5.32 Å². The van der Waals surface area contributed by atoms with Crippen molar-refractivity contribution in [1.29, 1.82) is 0 Å². The van der Waals surface area contributed by atoms with Crippen molar-refractivity contribution in [3.8, 4) is 0 Å². The summed E-state index contributed by atoms with van der Waals surface area (Å²) < 4.78 is 28.6. The van der Waals surface area contributed by atoms with Crippen LogP contribution in [0.5, 0.6) is 0 Å². The third-order valence-electron chi connectivity index (χ3n) is 3.50. The van der Waals surface area contributed by atoms with Crippen molar-refractivity contribution in [2.75, 3.05) is 37.1 Å². The first-order valence-electron chi connectivity index (χ1n) is 8.36. The molecule has 0 fully saturated rings. The maximum Gasteiger partial charge on any atom is 0.252 e. The predicted octanol–water partition coefficient (Wildman–Crippen LogP) is 2.26. The van der Waals surface area contributed by atoms with E-state index in [0.717, 1.165) is 12.8 Å². The Morgan fingerprint density at radius 3 is 2.58 bits per heavy atom. The number of rotatable bonds is 11. The lowest BCUT2D eigenvalue weighted by atomic mass is 10.2. The van der Waals surface area contributed by atoms with Crippen LogP contribution in [0.2, 0.25) is 5.02 Å². The molecule has 0 aliphatic heterocycles. The molecule has 146 valence electrons. The number of halogens is 1. The van der Waals surface area contributed by atoms with Crippen LogP contribution in [0.3, 0.4) is 0 Å². The Hall–Kier alpha value is -1.64. The number of benzene rings is 1. The summed E-state index contributed by atoms with van der Waals surface area (Å²) in [5.41, 5.74) is 0.588. The average molecular weight is 405 g/mol. The van der Waals surface area contributed by atoms with Crippen LogP contribution in [0.1, 0.15) is 36.5 Å². The van der Waals surface area contributed by atoms with Crippen LogP contribution in [-0.2, 0) is 19.4 Å². The maximum absolute atomic E-state index is 12.0. The number of ether oxygens (including phenoxy) is 1. The number of carbonyl (C=O) groups excluding carboxylic acids is 2. The molecule has 7 nitrogen and oxygen atoms in total. The van der Waals surface area contributed by atoms with Crippen molar-refractivity contribution in [3.63, 3.8) is 0 Å². The Balaban J connectivity index is 2.64. The molecule has 26 heavy (non-hydrogen) atoms. The number of anilines is 1. The fourth-order valence-electron chi connectivity index (χ4n) is 2.18. The monoisotopic (exact) mass is 404 g/mol. The fraction of sp³-hybridized carbons (Fsp3) is 0.529. The molecule has 0 aromatic heterocycles. The van der Waals surface area contributed by atoms with Gasteiger partial charge in [-0.2, -0.15) is 0 Å². The molecule has 1 aromatic rings. The Morgan fingerprint density at radius 2 is 1.96 bits per heavy atom. The maximum atomic E-state index is 12.0.